The van der Waals surface area contributed by atoms with Crippen molar-refractivity contribution in [2.45, 2.75) is 77.0 Å². The van der Waals surface area contributed by atoms with Crippen LogP contribution in [0.1, 0.15) is 87.5 Å². The lowest BCUT2D eigenvalue weighted by molar-refractivity contribution is 0.0319. The lowest BCUT2D eigenvalue weighted by Gasteiger charge is -2.54. The van der Waals surface area contributed by atoms with Gasteiger partial charge in [-0.1, -0.05) is 32.4 Å². The predicted molar refractivity (Wildman–Crippen MR) is 92.0 cm³/mol. The van der Waals surface area contributed by atoms with Crippen molar-refractivity contribution in [2.75, 3.05) is 0 Å². The molecule has 120 valence electrons. The summed E-state index contributed by atoms with van der Waals surface area (Å²) >= 11 is 0. The van der Waals surface area contributed by atoms with Gasteiger partial charge < -0.3 is 0 Å². The molecule has 3 aliphatic carbocycles. The number of aryl methyl sites for hydroxylation is 1. The van der Waals surface area contributed by atoms with E-state index >= 15 is 0 Å². The number of hydrogen-bond donors (Lipinski definition) is 0. The zero-order valence-electron chi connectivity index (χ0n) is 14.4. The highest BCUT2D eigenvalue weighted by atomic mass is 14.5. The molecule has 0 N–H and O–H groups in total. The van der Waals surface area contributed by atoms with Gasteiger partial charge in [0.1, 0.15) is 12.1 Å². The van der Waals surface area contributed by atoms with Crippen LogP contribution in [0.4, 0.5) is 0 Å². The minimum absolute atomic E-state index is 0.151. The van der Waals surface area contributed by atoms with Crippen LogP contribution in [0.2, 0.25) is 0 Å². The third kappa shape index (κ3) is 2.46. The fourth-order valence-corrected chi connectivity index (χ4v) is 5.20. The second-order valence-electron chi connectivity index (χ2n) is 7.63. The average Bonchev–Trinajstić information content (AvgIpc) is 2.61. The van der Waals surface area contributed by atoms with Gasteiger partial charge in [0.05, 0.1) is 11.1 Å². The maximum absolute atomic E-state index is 9.74. The molecule has 0 aliphatic heterocycles. The van der Waals surface area contributed by atoms with Crippen molar-refractivity contribution < 1.29 is 0 Å². The fraction of sp³-hybridized carbons (Fsp3) is 0.619. The van der Waals surface area contributed by atoms with E-state index in [-0.39, 0.29) is 5.41 Å². The van der Waals surface area contributed by atoms with Crippen LogP contribution >= 0.6 is 0 Å². The van der Waals surface area contributed by atoms with Crippen molar-refractivity contribution in [3.8, 4) is 12.1 Å². The molecule has 0 amide bonds. The Kier molecular flexibility index (Phi) is 4.20. The third-order valence-corrected chi connectivity index (χ3v) is 6.65. The maximum Gasteiger partial charge on any atom is 0.101 e. The molecule has 23 heavy (non-hydrogen) atoms. The monoisotopic (exact) mass is 306 g/mol. The van der Waals surface area contributed by atoms with E-state index in [1.807, 2.05) is 0 Å². The molecule has 1 aromatic carbocycles. The van der Waals surface area contributed by atoms with E-state index in [4.69, 9.17) is 0 Å². The molecular formula is C21H26N2. The van der Waals surface area contributed by atoms with Gasteiger partial charge >= 0.3 is 0 Å². The number of hydrogen-bond acceptors (Lipinski definition) is 2. The van der Waals surface area contributed by atoms with E-state index in [1.165, 1.54) is 56.9 Å². The van der Waals surface area contributed by atoms with Crippen molar-refractivity contribution in [1.82, 2.24) is 0 Å². The molecule has 0 radical (unpaired) electrons. The highest BCUT2D eigenvalue weighted by Gasteiger charge is 2.49. The molecule has 3 saturated carbocycles. The molecule has 0 unspecified atom stereocenters. The smallest absolute Gasteiger partial charge is 0.101 e. The topological polar surface area (TPSA) is 47.6 Å². The number of nitriles is 2. The molecule has 0 aromatic heterocycles. The van der Waals surface area contributed by atoms with Gasteiger partial charge in [-0.2, -0.15) is 10.5 Å². The molecule has 2 bridgehead atoms. The Labute approximate surface area is 140 Å². The molecular weight excluding hydrogens is 280 g/mol. The molecule has 1 aromatic rings. The van der Waals surface area contributed by atoms with Crippen molar-refractivity contribution in [3.05, 3.63) is 34.4 Å². The highest BCUT2D eigenvalue weighted by Crippen LogP contribution is 2.60. The number of nitrogens with zero attached hydrogens (tertiary/aromatic N) is 2. The summed E-state index contributed by atoms with van der Waals surface area (Å²) < 4.78 is 0. The summed E-state index contributed by atoms with van der Waals surface area (Å²) in [6.07, 6.45) is 10.9. The minimum Gasteiger partial charge on any atom is -0.192 e. The van der Waals surface area contributed by atoms with Gasteiger partial charge in [0.2, 0.25) is 0 Å². The number of benzene rings is 1. The van der Waals surface area contributed by atoms with E-state index in [0.29, 0.717) is 16.5 Å². The van der Waals surface area contributed by atoms with Crippen LogP contribution in [0, 0.1) is 28.1 Å². The van der Waals surface area contributed by atoms with Crippen LogP contribution in [0.5, 0.6) is 0 Å². The summed E-state index contributed by atoms with van der Waals surface area (Å²) in [5.74, 6) is 0. The molecule has 4 rings (SSSR count). The molecule has 3 fully saturated rings. The molecule has 0 saturated heterocycles. The quantitative estimate of drug-likeness (QED) is 0.749. The summed E-state index contributed by atoms with van der Waals surface area (Å²) in [5, 5.41) is 19.3. The van der Waals surface area contributed by atoms with Crippen molar-refractivity contribution in [1.29, 1.82) is 10.5 Å². The van der Waals surface area contributed by atoms with Crippen molar-refractivity contribution in [2.24, 2.45) is 5.41 Å². The zero-order chi connectivity index (χ0) is 16.5. The van der Waals surface area contributed by atoms with Crippen LogP contribution in [-0.4, -0.2) is 0 Å². The summed E-state index contributed by atoms with van der Waals surface area (Å²) in [7, 11) is 0. The third-order valence-electron chi connectivity index (χ3n) is 6.65. The zero-order valence-corrected chi connectivity index (χ0v) is 14.4. The molecule has 0 atom stereocenters. The lowest BCUT2D eigenvalue weighted by Crippen LogP contribution is -2.44. The standard InChI is InChI=1S/C21H26N2/c1-3-7-20-8-11-21(12-9-20,13-10-20)19-6-5-16(4-2)17(14-22)18(19)15-23/h5-6H,3-4,7-13H2,1-2H3. The fourth-order valence-electron chi connectivity index (χ4n) is 5.20. The lowest BCUT2D eigenvalue weighted by atomic mass is 9.50. The number of rotatable bonds is 4. The van der Waals surface area contributed by atoms with E-state index < -0.39 is 0 Å². The molecule has 2 heteroatoms. The van der Waals surface area contributed by atoms with E-state index in [1.54, 1.807) is 0 Å². The SMILES string of the molecule is CCCC12CCC(c3ccc(CC)c(C#N)c3C#N)(CC1)CC2. The Morgan fingerprint density at radius 1 is 0.913 bits per heavy atom. The average molecular weight is 306 g/mol. The second-order valence-corrected chi connectivity index (χ2v) is 7.63. The van der Waals surface area contributed by atoms with Crippen molar-refractivity contribution >= 4 is 0 Å². The van der Waals surface area contributed by atoms with Crippen LogP contribution in [0.25, 0.3) is 0 Å². The summed E-state index contributed by atoms with van der Waals surface area (Å²) in [6, 6.07) is 8.93. The summed E-state index contributed by atoms with van der Waals surface area (Å²) in [6.45, 7) is 4.34. The van der Waals surface area contributed by atoms with Gasteiger partial charge in [0.15, 0.2) is 0 Å². The molecule has 2 nitrogen and oxygen atoms in total. The van der Waals surface area contributed by atoms with Gasteiger partial charge in [-0.15, -0.1) is 0 Å². The van der Waals surface area contributed by atoms with Crippen LogP contribution in [0.3, 0.4) is 0 Å². The minimum atomic E-state index is 0.151. The van der Waals surface area contributed by atoms with Gasteiger partial charge in [0.25, 0.3) is 0 Å². The first-order chi connectivity index (χ1) is 11.1. The first-order valence-electron chi connectivity index (χ1n) is 9.10. The van der Waals surface area contributed by atoms with E-state index in [9.17, 15) is 10.5 Å². The Balaban J connectivity index is 2.01. The largest absolute Gasteiger partial charge is 0.192 e. The van der Waals surface area contributed by atoms with Crippen LogP contribution in [0.15, 0.2) is 12.1 Å². The molecule has 0 heterocycles. The Morgan fingerprint density at radius 2 is 1.52 bits per heavy atom. The van der Waals surface area contributed by atoms with Crippen LogP contribution < -0.4 is 0 Å². The van der Waals surface area contributed by atoms with Crippen molar-refractivity contribution in [3.63, 3.8) is 0 Å². The maximum atomic E-state index is 9.74. The first-order valence-corrected chi connectivity index (χ1v) is 9.10. The van der Waals surface area contributed by atoms with Gasteiger partial charge in [-0.05, 0) is 73.3 Å². The molecule has 3 aliphatic rings. The van der Waals surface area contributed by atoms with E-state index in [0.717, 1.165) is 12.0 Å². The normalized spacial score (nSPS) is 29.0. The van der Waals surface area contributed by atoms with Gasteiger partial charge in [0, 0.05) is 0 Å². The summed E-state index contributed by atoms with van der Waals surface area (Å²) in [4.78, 5) is 0. The highest BCUT2D eigenvalue weighted by molar-refractivity contribution is 5.57. The van der Waals surface area contributed by atoms with Gasteiger partial charge in [-0.25, -0.2) is 0 Å². The molecule has 0 spiro atoms. The summed E-state index contributed by atoms with van der Waals surface area (Å²) in [5.41, 5.74) is 4.19. The predicted octanol–water partition coefficient (Wildman–Crippen LogP) is 5.38. The second kappa shape index (κ2) is 6.01. The first kappa shape index (κ1) is 16.1. The van der Waals surface area contributed by atoms with Crippen LogP contribution in [-0.2, 0) is 11.8 Å². The van der Waals surface area contributed by atoms with E-state index in [2.05, 4.69) is 38.1 Å². The Bertz CT molecular complexity index is 662. The number of fused-ring (bicyclic) bond motifs is 3. The Morgan fingerprint density at radius 3 is 2.00 bits per heavy atom. The Hall–Kier alpha value is -1.80. The van der Waals surface area contributed by atoms with Gasteiger partial charge in [-0.3, -0.25) is 0 Å².